The topological polar surface area (TPSA) is 129 Å². The van der Waals surface area contributed by atoms with Crippen molar-refractivity contribution in [2.24, 2.45) is 0 Å². The Hall–Kier alpha value is -5.65. The first-order valence-electron chi connectivity index (χ1n) is 15.9. The summed E-state index contributed by atoms with van der Waals surface area (Å²) < 4.78 is 39.0. The molecule has 52 heavy (non-hydrogen) atoms. The summed E-state index contributed by atoms with van der Waals surface area (Å²) in [6.45, 7) is 10.9. The van der Waals surface area contributed by atoms with Crippen molar-refractivity contribution in [1.29, 1.82) is 0 Å². The van der Waals surface area contributed by atoms with Crippen molar-refractivity contribution in [2.75, 3.05) is 35.4 Å². The number of benzene rings is 4. The molecule has 0 spiro atoms. The number of nitrogens with two attached hydrogens (primary N) is 2. The molecule has 0 fully saturated rings. The fraction of sp³-hybridized carbons (Fsp3) is 0.325. The second-order valence-electron chi connectivity index (χ2n) is 13.7. The van der Waals surface area contributed by atoms with Gasteiger partial charge >= 0.3 is 12.2 Å². The molecule has 0 atom stereocenters. The number of nitrogen functional groups attached to an aromatic ring is 2. The van der Waals surface area contributed by atoms with Crippen LogP contribution in [0.4, 0.5) is 41.4 Å². The van der Waals surface area contributed by atoms with Gasteiger partial charge in [0.05, 0.1) is 16.7 Å². The average molecular weight is 719 g/mol. The van der Waals surface area contributed by atoms with Gasteiger partial charge < -0.3 is 20.9 Å². The van der Waals surface area contributed by atoms with Crippen LogP contribution in [0.15, 0.2) is 84.9 Å². The van der Waals surface area contributed by atoms with Crippen molar-refractivity contribution < 1.29 is 27.8 Å². The molecule has 4 N–H and O–H groups in total. The van der Waals surface area contributed by atoms with Crippen LogP contribution in [0.2, 0.25) is 0 Å². The number of carbonyl (C=O) groups is 2. The monoisotopic (exact) mass is 718 g/mol. The van der Waals surface area contributed by atoms with Crippen LogP contribution < -0.4 is 21.3 Å². The third-order valence-electron chi connectivity index (χ3n) is 7.25. The Morgan fingerprint density at radius 3 is 1.81 bits per heavy atom. The zero-order chi connectivity index (χ0) is 37.0. The van der Waals surface area contributed by atoms with Gasteiger partial charge in [-0.05, 0) is 114 Å². The molecule has 0 saturated heterocycles. The number of carbonyl (C=O) groups excluding carboxylic acids is 2. The molecule has 5 aromatic rings. The van der Waals surface area contributed by atoms with Crippen molar-refractivity contribution in [3.63, 3.8) is 0 Å². The van der Waals surface area contributed by atoms with E-state index in [9.17, 15) is 18.4 Å². The van der Waals surface area contributed by atoms with Gasteiger partial charge in [0.25, 0.3) is 0 Å². The molecule has 0 unspecified atom stereocenters. The Morgan fingerprint density at radius 2 is 1.25 bits per heavy atom. The molecule has 0 radical (unpaired) electrons. The molecule has 10 nitrogen and oxygen atoms in total. The molecule has 1 heterocycles. The maximum atomic E-state index is 13.4. The average Bonchev–Trinajstić information content (AvgIpc) is 3.35. The zero-order valence-corrected chi connectivity index (χ0v) is 29.6. The standard InChI is InChI=1S/C19H21FN4O2.C19H23FN2O2.2CH4/c1-19(2,3)26-18(25)23(4)13-6-5-7-14(11-13)24-16-9-8-12(20)10-15(16)22-17(24)21;1-19(2,3)24-18(23)22(4)16-7-5-6-13(11-16)10-14-8-9-15(20)12-17(14)21;;/h5-11H,1-4H3,(H2,21,22);5-9,11-12H,10,21H2,1-4H3;2*1H4. The van der Waals surface area contributed by atoms with Gasteiger partial charge in [0.1, 0.15) is 22.8 Å². The number of amides is 2. The van der Waals surface area contributed by atoms with Crippen molar-refractivity contribution in [2.45, 2.75) is 74.0 Å². The molecule has 1 aromatic heterocycles. The summed E-state index contributed by atoms with van der Waals surface area (Å²) in [5.41, 5.74) is 16.2. The molecule has 2 amide bonds. The summed E-state index contributed by atoms with van der Waals surface area (Å²) in [7, 11) is 3.30. The van der Waals surface area contributed by atoms with Crippen molar-refractivity contribution in [3.8, 4) is 5.69 Å². The van der Waals surface area contributed by atoms with Gasteiger partial charge in [-0.1, -0.05) is 39.1 Å². The fourth-order valence-electron chi connectivity index (χ4n) is 4.88. The van der Waals surface area contributed by atoms with Crippen LogP contribution in [-0.4, -0.2) is 47.0 Å². The Bertz CT molecular complexity index is 2000. The van der Waals surface area contributed by atoms with E-state index in [-0.39, 0.29) is 32.4 Å². The summed E-state index contributed by atoms with van der Waals surface area (Å²) in [5, 5.41) is 0. The van der Waals surface area contributed by atoms with Gasteiger partial charge in [0, 0.05) is 37.2 Å². The molecule has 5 rings (SSSR count). The molecule has 0 saturated carbocycles. The van der Waals surface area contributed by atoms with Crippen LogP contribution in [0.25, 0.3) is 16.7 Å². The summed E-state index contributed by atoms with van der Waals surface area (Å²) in [4.78, 5) is 31.5. The lowest BCUT2D eigenvalue weighted by molar-refractivity contribution is 0.0578. The fourth-order valence-corrected chi connectivity index (χ4v) is 4.88. The number of aromatic nitrogens is 2. The van der Waals surface area contributed by atoms with Crippen LogP contribution in [-0.2, 0) is 15.9 Å². The summed E-state index contributed by atoms with van der Waals surface area (Å²) in [5.74, 6) is -0.488. The highest BCUT2D eigenvalue weighted by atomic mass is 19.1. The Labute approximate surface area is 305 Å². The van der Waals surface area contributed by atoms with Gasteiger partial charge in [-0.3, -0.25) is 14.4 Å². The van der Waals surface area contributed by atoms with Crippen molar-refractivity contribution >= 4 is 46.2 Å². The normalized spacial score (nSPS) is 11.0. The molecule has 0 bridgehead atoms. The molecule has 0 aliphatic heterocycles. The van der Waals surface area contributed by atoms with Gasteiger partial charge in [-0.15, -0.1) is 0 Å². The number of anilines is 4. The predicted molar refractivity (Wildman–Crippen MR) is 208 cm³/mol. The second kappa shape index (κ2) is 17.0. The first-order valence-corrected chi connectivity index (χ1v) is 15.9. The quantitative estimate of drug-likeness (QED) is 0.173. The van der Waals surface area contributed by atoms with Crippen LogP contribution >= 0.6 is 0 Å². The number of ether oxygens (including phenoxy) is 2. The van der Waals surface area contributed by atoms with Gasteiger partial charge in [-0.2, -0.15) is 0 Å². The second-order valence-corrected chi connectivity index (χ2v) is 13.7. The molecule has 280 valence electrons. The summed E-state index contributed by atoms with van der Waals surface area (Å²) in [6, 6.07) is 23.5. The lowest BCUT2D eigenvalue weighted by Gasteiger charge is -2.25. The number of hydrogen-bond donors (Lipinski definition) is 2. The van der Waals surface area contributed by atoms with Crippen LogP contribution in [0.1, 0.15) is 67.5 Å². The van der Waals surface area contributed by atoms with Crippen molar-refractivity contribution in [1.82, 2.24) is 9.55 Å². The Balaban J connectivity index is 0.000000348. The van der Waals surface area contributed by atoms with E-state index in [1.54, 1.807) is 49.0 Å². The zero-order valence-electron chi connectivity index (χ0n) is 29.6. The molecule has 0 aliphatic rings. The minimum Gasteiger partial charge on any atom is -0.443 e. The van der Waals surface area contributed by atoms with E-state index in [1.165, 1.54) is 34.1 Å². The van der Waals surface area contributed by atoms with Gasteiger partial charge in [-0.25, -0.2) is 23.4 Å². The third-order valence-corrected chi connectivity index (χ3v) is 7.25. The van der Waals surface area contributed by atoms with E-state index in [0.29, 0.717) is 34.5 Å². The molecular weight excluding hydrogens is 666 g/mol. The summed E-state index contributed by atoms with van der Waals surface area (Å²) >= 11 is 0. The lowest BCUT2D eigenvalue weighted by atomic mass is 10.0. The molecular formula is C40H52F2N6O4. The minimum atomic E-state index is -0.585. The number of nitrogens with zero attached hydrogens (tertiary/aromatic N) is 4. The minimum absolute atomic E-state index is 0. The maximum absolute atomic E-state index is 13.4. The van der Waals surface area contributed by atoms with Gasteiger partial charge in [0.15, 0.2) is 0 Å². The third kappa shape index (κ3) is 11.2. The van der Waals surface area contributed by atoms with E-state index in [1.807, 2.05) is 71.9 Å². The molecule has 12 heteroatoms. The van der Waals surface area contributed by atoms with E-state index >= 15 is 0 Å². The maximum Gasteiger partial charge on any atom is 0.414 e. The lowest BCUT2D eigenvalue weighted by Crippen LogP contribution is -2.34. The van der Waals surface area contributed by atoms with E-state index < -0.39 is 23.4 Å². The van der Waals surface area contributed by atoms with Crippen LogP contribution in [0.3, 0.4) is 0 Å². The highest BCUT2D eigenvalue weighted by molar-refractivity contribution is 5.88. The van der Waals surface area contributed by atoms with E-state index in [0.717, 1.165) is 16.8 Å². The van der Waals surface area contributed by atoms with E-state index in [4.69, 9.17) is 20.9 Å². The predicted octanol–water partition coefficient (Wildman–Crippen LogP) is 9.76. The Morgan fingerprint density at radius 1 is 0.731 bits per heavy atom. The highest BCUT2D eigenvalue weighted by Gasteiger charge is 2.22. The van der Waals surface area contributed by atoms with Gasteiger partial charge in [0.2, 0.25) is 5.95 Å². The first-order chi connectivity index (χ1) is 23.3. The highest BCUT2D eigenvalue weighted by Crippen LogP contribution is 2.27. The number of hydrogen-bond acceptors (Lipinski definition) is 7. The van der Waals surface area contributed by atoms with E-state index in [2.05, 4.69) is 4.98 Å². The number of imidazole rings is 1. The number of rotatable bonds is 5. The number of halogens is 2. The first kappa shape index (κ1) is 42.5. The van der Waals surface area contributed by atoms with Crippen LogP contribution in [0.5, 0.6) is 0 Å². The number of fused-ring (bicyclic) bond motifs is 1. The SMILES string of the molecule is C.C.CN(C(=O)OC(C)(C)C)c1cccc(-n2c(N)nc3cc(F)ccc32)c1.CN(C(=O)OC(C)(C)C)c1cccc(Cc2ccc(F)cc2N)c1. The largest absolute Gasteiger partial charge is 0.443 e. The van der Waals surface area contributed by atoms with Crippen LogP contribution in [0, 0.1) is 11.6 Å². The molecule has 4 aromatic carbocycles. The Kier molecular flexibility index (Phi) is 13.9. The summed E-state index contributed by atoms with van der Waals surface area (Å²) in [6.07, 6.45) is -0.316. The van der Waals surface area contributed by atoms with Crippen molar-refractivity contribution in [3.05, 3.63) is 108 Å². The molecule has 0 aliphatic carbocycles. The smallest absolute Gasteiger partial charge is 0.414 e.